The molecular weight excluding hydrogens is 420 g/mol. The second kappa shape index (κ2) is 8.58. The number of nitrogens with zero attached hydrogens (tertiary/aromatic N) is 2. The Morgan fingerprint density at radius 1 is 1.09 bits per heavy atom. The van der Waals surface area contributed by atoms with E-state index in [-0.39, 0.29) is 11.7 Å². The lowest BCUT2D eigenvalue weighted by atomic mass is 10.1. The molecule has 0 N–H and O–H groups in total. The number of hydrogen-bond donors (Lipinski definition) is 0. The number of carbonyl (C=O) groups is 1. The van der Waals surface area contributed by atoms with Crippen LogP contribution in [-0.4, -0.2) is 20.7 Å². The van der Waals surface area contributed by atoms with Crippen molar-refractivity contribution < 1.29 is 9.53 Å². The second-order valence-corrected chi connectivity index (χ2v) is 10.2. The average molecular weight is 451 g/mol. The third-order valence-electron chi connectivity index (χ3n) is 5.63. The summed E-state index contributed by atoms with van der Waals surface area (Å²) in [7, 11) is 0. The predicted molar refractivity (Wildman–Crippen MR) is 132 cm³/mol. The van der Waals surface area contributed by atoms with E-state index in [1.807, 2.05) is 52.0 Å². The van der Waals surface area contributed by atoms with Crippen molar-refractivity contribution in [3.8, 4) is 0 Å². The van der Waals surface area contributed by atoms with Gasteiger partial charge in [-0.25, -0.2) is 9.59 Å². The van der Waals surface area contributed by atoms with Gasteiger partial charge in [0.05, 0.1) is 17.6 Å². The molecule has 6 heteroatoms. The Hall–Kier alpha value is -2.86. The molecule has 0 bridgehead atoms. The van der Waals surface area contributed by atoms with E-state index in [0.717, 1.165) is 23.0 Å². The maximum Gasteiger partial charge on any atom is 0.330 e. The van der Waals surface area contributed by atoms with Crippen LogP contribution in [0.3, 0.4) is 0 Å². The van der Waals surface area contributed by atoms with Crippen LogP contribution < -0.4 is 5.69 Å². The molecule has 0 aliphatic rings. The number of esters is 1. The normalized spacial score (nSPS) is 13.0. The van der Waals surface area contributed by atoms with Crippen molar-refractivity contribution in [1.82, 2.24) is 9.13 Å². The van der Waals surface area contributed by atoms with Gasteiger partial charge in [-0.3, -0.25) is 9.13 Å². The van der Waals surface area contributed by atoms with Crippen molar-refractivity contribution in [2.24, 2.45) is 0 Å². The van der Waals surface area contributed by atoms with Crippen molar-refractivity contribution in [1.29, 1.82) is 0 Å². The third-order valence-corrected chi connectivity index (χ3v) is 6.63. The Bertz CT molecular complexity index is 1340. The lowest BCUT2D eigenvalue weighted by Gasteiger charge is -2.24. The van der Waals surface area contributed by atoms with E-state index in [1.54, 1.807) is 20.5 Å². The molecule has 0 amide bonds. The van der Waals surface area contributed by atoms with Crippen LogP contribution >= 0.6 is 11.3 Å². The fourth-order valence-corrected chi connectivity index (χ4v) is 5.34. The number of carbonyl (C=O) groups excluding carboxylic acids is 1. The molecule has 0 fully saturated rings. The number of aromatic nitrogens is 2. The van der Waals surface area contributed by atoms with E-state index < -0.39 is 11.6 Å². The largest absolute Gasteiger partial charge is 0.458 e. The number of imidazole rings is 1. The zero-order valence-corrected chi connectivity index (χ0v) is 20.2. The number of fused-ring (bicyclic) bond motifs is 2. The number of rotatable bonds is 6. The Kier molecular flexibility index (Phi) is 5.99. The van der Waals surface area contributed by atoms with Crippen molar-refractivity contribution >= 4 is 38.4 Å². The van der Waals surface area contributed by atoms with Crippen LogP contribution in [0.15, 0.2) is 52.6 Å². The highest BCUT2D eigenvalue weighted by atomic mass is 32.1. The first-order valence-corrected chi connectivity index (χ1v) is 12.0. The molecule has 2 aromatic carbocycles. The Morgan fingerprint density at radius 2 is 1.81 bits per heavy atom. The summed E-state index contributed by atoms with van der Waals surface area (Å²) in [5, 5.41) is 3.34. The SMILES string of the molecule is CCCC(C(=O)OC(C)(C)C)n1c(=O)n(Cc2csc3cccc(C)c23)c2ccccc21. The maximum atomic E-state index is 13.7. The average Bonchev–Trinajstić information content (AvgIpc) is 3.26. The number of ether oxygens (including phenoxy) is 1. The summed E-state index contributed by atoms with van der Waals surface area (Å²) in [6.07, 6.45) is 1.31. The standard InChI is InChI=1S/C26H30N2O3S/c1-6-10-21(24(29)31-26(3,4)5)28-20-13-8-7-12-19(20)27(25(28)30)15-18-16-32-22-14-9-11-17(2)23(18)22/h7-9,11-14,16,21H,6,10,15H2,1-5H3. The first-order valence-electron chi connectivity index (χ1n) is 11.1. The van der Waals surface area contributed by atoms with Crippen LogP contribution in [0.25, 0.3) is 21.1 Å². The van der Waals surface area contributed by atoms with Crippen LogP contribution in [0, 0.1) is 6.92 Å². The molecule has 0 spiro atoms. The van der Waals surface area contributed by atoms with Crippen LogP contribution in [0.2, 0.25) is 0 Å². The summed E-state index contributed by atoms with van der Waals surface area (Å²) in [4.78, 5) is 26.8. The number of thiophene rings is 1. The van der Waals surface area contributed by atoms with E-state index in [9.17, 15) is 9.59 Å². The highest BCUT2D eigenvalue weighted by molar-refractivity contribution is 7.17. The van der Waals surface area contributed by atoms with Crippen molar-refractivity contribution in [2.75, 3.05) is 0 Å². The molecule has 168 valence electrons. The molecule has 0 saturated heterocycles. The summed E-state index contributed by atoms with van der Waals surface area (Å²) in [6, 6.07) is 13.3. The first kappa shape index (κ1) is 22.3. The van der Waals surface area contributed by atoms with Crippen molar-refractivity contribution in [2.45, 2.75) is 65.6 Å². The Labute approximate surface area is 192 Å². The second-order valence-electron chi connectivity index (χ2n) is 9.27. The molecule has 0 aliphatic carbocycles. The van der Waals surface area contributed by atoms with Gasteiger partial charge in [-0.2, -0.15) is 0 Å². The molecular formula is C26H30N2O3S. The van der Waals surface area contributed by atoms with Gasteiger partial charge in [-0.1, -0.05) is 37.6 Å². The highest BCUT2D eigenvalue weighted by Crippen LogP contribution is 2.30. The minimum absolute atomic E-state index is 0.177. The highest BCUT2D eigenvalue weighted by Gasteiger charge is 2.30. The molecule has 4 rings (SSSR count). The van der Waals surface area contributed by atoms with Gasteiger partial charge < -0.3 is 4.74 Å². The third kappa shape index (κ3) is 4.11. The fraction of sp³-hybridized carbons (Fsp3) is 0.385. The van der Waals surface area contributed by atoms with Gasteiger partial charge in [0.2, 0.25) is 0 Å². The topological polar surface area (TPSA) is 53.2 Å². The first-order chi connectivity index (χ1) is 15.2. The predicted octanol–water partition coefficient (Wildman–Crippen LogP) is 6.06. The molecule has 5 nitrogen and oxygen atoms in total. The lowest BCUT2D eigenvalue weighted by molar-refractivity contribution is -0.159. The van der Waals surface area contributed by atoms with Crippen molar-refractivity contribution in [3.63, 3.8) is 0 Å². The van der Waals surface area contributed by atoms with Crippen LogP contribution in [0.5, 0.6) is 0 Å². The molecule has 0 radical (unpaired) electrons. The van der Waals surface area contributed by atoms with Gasteiger partial charge in [0, 0.05) is 10.1 Å². The minimum atomic E-state index is -0.654. The van der Waals surface area contributed by atoms with E-state index in [2.05, 4.69) is 30.5 Å². The van der Waals surface area contributed by atoms with Gasteiger partial charge in [0.1, 0.15) is 11.6 Å². The van der Waals surface area contributed by atoms with Gasteiger partial charge in [0.15, 0.2) is 0 Å². The number of hydrogen-bond acceptors (Lipinski definition) is 4. The van der Waals surface area contributed by atoms with E-state index in [4.69, 9.17) is 4.74 Å². The zero-order chi connectivity index (χ0) is 23.0. The van der Waals surface area contributed by atoms with Crippen LogP contribution in [-0.2, 0) is 16.1 Å². The smallest absolute Gasteiger partial charge is 0.330 e. The maximum absolute atomic E-state index is 13.7. The summed E-state index contributed by atoms with van der Waals surface area (Å²) in [5.41, 5.74) is 3.13. The molecule has 4 aromatic rings. The Balaban J connectivity index is 1.86. The summed E-state index contributed by atoms with van der Waals surface area (Å²) in [5.74, 6) is -0.360. The van der Waals surface area contributed by atoms with E-state index >= 15 is 0 Å². The molecule has 0 aliphatic heterocycles. The summed E-state index contributed by atoms with van der Waals surface area (Å²) >= 11 is 1.69. The van der Waals surface area contributed by atoms with Crippen LogP contribution in [0.4, 0.5) is 0 Å². The molecule has 1 atom stereocenters. The summed E-state index contributed by atoms with van der Waals surface area (Å²) in [6.45, 7) is 10.1. The van der Waals surface area contributed by atoms with Gasteiger partial charge in [-0.15, -0.1) is 11.3 Å². The van der Waals surface area contributed by atoms with Crippen molar-refractivity contribution in [3.05, 3.63) is 69.5 Å². The fourth-order valence-electron chi connectivity index (χ4n) is 4.31. The molecule has 0 saturated carbocycles. The number of benzene rings is 2. The molecule has 32 heavy (non-hydrogen) atoms. The lowest BCUT2D eigenvalue weighted by Crippen LogP contribution is -2.35. The number of aryl methyl sites for hydroxylation is 1. The van der Waals surface area contributed by atoms with Crippen LogP contribution in [0.1, 0.15) is 57.7 Å². The van der Waals surface area contributed by atoms with Gasteiger partial charge in [-0.05, 0) is 68.8 Å². The molecule has 2 aromatic heterocycles. The van der Waals surface area contributed by atoms with E-state index in [0.29, 0.717) is 13.0 Å². The summed E-state index contributed by atoms with van der Waals surface area (Å²) < 4.78 is 10.3. The number of para-hydroxylation sites is 2. The van der Waals surface area contributed by atoms with Gasteiger partial charge in [0.25, 0.3) is 0 Å². The van der Waals surface area contributed by atoms with E-state index in [1.165, 1.54) is 15.6 Å². The minimum Gasteiger partial charge on any atom is -0.458 e. The monoisotopic (exact) mass is 450 g/mol. The zero-order valence-electron chi connectivity index (χ0n) is 19.3. The quantitative estimate of drug-likeness (QED) is 0.336. The molecule has 2 heterocycles. The molecule has 1 unspecified atom stereocenters. The van der Waals surface area contributed by atoms with Gasteiger partial charge >= 0.3 is 11.7 Å². The Morgan fingerprint density at radius 3 is 2.50 bits per heavy atom.